The summed E-state index contributed by atoms with van der Waals surface area (Å²) in [4.78, 5) is 2.79. The van der Waals surface area contributed by atoms with Gasteiger partial charge in [-0.25, -0.2) is 0 Å². The zero-order valence-corrected chi connectivity index (χ0v) is 16.9. The largest absolute Gasteiger partial charge is 0.293 e. The van der Waals surface area contributed by atoms with E-state index < -0.39 is 0 Å². The van der Waals surface area contributed by atoms with Gasteiger partial charge in [-0.1, -0.05) is 71.6 Å². The third kappa shape index (κ3) is 8.56. The highest BCUT2D eigenvalue weighted by Crippen LogP contribution is 2.32. The van der Waals surface area contributed by atoms with Crippen molar-refractivity contribution in [3.05, 3.63) is 0 Å². The molecule has 0 aliphatic rings. The molecule has 0 rings (SSSR count). The van der Waals surface area contributed by atoms with Crippen molar-refractivity contribution in [1.82, 2.24) is 4.90 Å². The third-order valence-corrected chi connectivity index (χ3v) is 5.12. The van der Waals surface area contributed by atoms with Crippen LogP contribution >= 0.6 is 0 Å². The van der Waals surface area contributed by atoms with Crippen LogP contribution in [0.15, 0.2) is 0 Å². The normalized spacial score (nSPS) is 15.0. The molecular formula is C21H45N. The van der Waals surface area contributed by atoms with Crippen LogP contribution in [0.2, 0.25) is 0 Å². The van der Waals surface area contributed by atoms with E-state index >= 15 is 0 Å². The molecular weight excluding hydrogens is 266 g/mol. The van der Waals surface area contributed by atoms with E-state index in [1.807, 2.05) is 0 Å². The zero-order valence-electron chi connectivity index (χ0n) is 16.9. The second-order valence-electron chi connectivity index (χ2n) is 8.07. The van der Waals surface area contributed by atoms with Crippen molar-refractivity contribution in [1.29, 1.82) is 0 Å². The van der Waals surface area contributed by atoms with Gasteiger partial charge in [0.25, 0.3) is 0 Å². The molecule has 0 bridgehead atoms. The molecule has 0 saturated carbocycles. The molecule has 0 amide bonds. The highest BCUT2D eigenvalue weighted by atomic mass is 15.2. The van der Waals surface area contributed by atoms with E-state index in [4.69, 9.17) is 0 Å². The van der Waals surface area contributed by atoms with Gasteiger partial charge in [-0.2, -0.15) is 0 Å². The Morgan fingerprint density at radius 1 is 0.636 bits per heavy atom. The van der Waals surface area contributed by atoms with Gasteiger partial charge in [-0.05, 0) is 47.5 Å². The average Bonchev–Trinajstić information content (AvgIpc) is 2.42. The maximum atomic E-state index is 2.79. The molecule has 1 heteroatoms. The zero-order chi connectivity index (χ0) is 17.0. The van der Waals surface area contributed by atoms with Crippen LogP contribution in [0.1, 0.15) is 119 Å². The van der Waals surface area contributed by atoms with Crippen LogP contribution in [0.5, 0.6) is 0 Å². The summed E-state index contributed by atoms with van der Waals surface area (Å²) in [6.07, 6.45) is 15.3. The molecule has 0 aromatic heterocycles. The summed E-state index contributed by atoms with van der Waals surface area (Å²) in [6.45, 7) is 16.7. The van der Waals surface area contributed by atoms with E-state index in [0.29, 0.717) is 17.6 Å². The minimum Gasteiger partial charge on any atom is -0.293 e. The fourth-order valence-electron chi connectivity index (χ4n) is 4.27. The molecule has 22 heavy (non-hydrogen) atoms. The van der Waals surface area contributed by atoms with Gasteiger partial charge in [-0.15, -0.1) is 0 Å². The lowest BCUT2D eigenvalue weighted by molar-refractivity contribution is 0.0210. The molecule has 1 atom stereocenters. The molecule has 0 heterocycles. The molecule has 0 aromatic rings. The molecule has 0 fully saturated rings. The fraction of sp³-hybridized carbons (Fsp3) is 1.00. The lowest BCUT2D eigenvalue weighted by Gasteiger charge is -2.47. The maximum Gasteiger partial charge on any atom is 0.0186 e. The molecule has 0 saturated heterocycles. The summed E-state index contributed by atoms with van der Waals surface area (Å²) in [5.41, 5.74) is 0.391. The summed E-state index contributed by atoms with van der Waals surface area (Å²) in [5, 5.41) is 0. The van der Waals surface area contributed by atoms with Crippen LogP contribution in [-0.4, -0.2) is 22.5 Å². The summed E-state index contributed by atoms with van der Waals surface area (Å²) in [6, 6.07) is 1.29. The monoisotopic (exact) mass is 311 g/mol. The Kier molecular flexibility index (Phi) is 12.4. The van der Waals surface area contributed by atoms with E-state index in [1.165, 1.54) is 70.6 Å². The van der Waals surface area contributed by atoms with Gasteiger partial charge in [0.05, 0.1) is 0 Å². The first-order chi connectivity index (χ1) is 10.4. The molecule has 0 spiro atoms. The molecule has 0 radical (unpaired) electrons. The minimum atomic E-state index is 0.391. The molecule has 0 aromatic carbocycles. The first kappa shape index (κ1) is 22.0. The Morgan fingerprint density at radius 2 is 1.00 bits per heavy atom. The van der Waals surface area contributed by atoms with Crippen LogP contribution in [-0.2, 0) is 0 Å². The van der Waals surface area contributed by atoms with Crippen molar-refractivity contribution in [2.24, 2.45) is 0 Å². The molecule has 0 N–H and O–H groups in total. The fourth-order valence-corrected chi connectivity index (χ4v) is 4.27. The van der Waals surface area contributed by atoms with Crippen molar-refractivity contribution < 1.29 is 0 Å². The van der Waals surface area contributed by atoms with Crippen molar-refractivity contribution in [3.63, 3.8) is 0 Å². The molecule has 1 unspecified atom stereocenters. The molecule has 0 aliphatic heterocycles. The van der Waals surface area contributed by atoms with Crippen LogP contribution in [0.25, 0.3) is 0 Å². The van der Waals surface area contributed by atoms with Crippen LogP contribution < -0.4 is 0 Å². The van der Waals surface area contributed by atoms with Crippen LogP contribution in [0.4, 0.5) is 0 Å². The Morgan fingerprint density at radius 3 is 1.36 bits per heavy atom. The second kappa shape index (κ2) is 12.4. The average molecular weight is 312 g/mol. The second-order valence-corrected chi connectivity index (χ2v) is 8.07. The summed E-state index contributed by atoms with van der Waals surface area (Å²) >= 11 is 0. The lowest BCUT2D eigenvalue weighted by Crippen LogP contribution is -2.53. The smallest absolute Gasteiger partial charge is 0.0186 e. The van der Waals surface area contributed by atoms with Gasteiger partial charge < -0.3 is 0 Å². The summed E-state index contributed by atoms with van der Waals surface area (Å²) in [5.74, 6) is 0. The standard InChI is InChI=1S/C21H45N/c1-8-10-12-14-16-18-21(7,17-15-13-11-9-2)22(19(3)4)20(5)6/h19-20H,8-18H2,1-7H3. The topological polar surface area (TPSA) is 3.24 Å². The Balaban J connectivity index is 4.64. The minimum absolute atomic E-state index is 0.391. The van der Waals surface area contributed by atoms with E-state index in [0.717, 1.165) is 0 Å². The van der Waals surface area contributed by atoms with Gasteiger partial charge in [-0.3, -0.25) is 4.90 Å². The Labute approximate surface area is 142 Å². The first-order valence-corrected chi connectivity index (χ1v) is 10.2. The van der Waals surface area contributed by atoms with Gasteiger partial charge in [0.1, 0.15) is 0 Å². The summed E-state index contributed by atoms with van der Waals surface area (Å²) in [7, 11) is 0. The van der Waals surface area contributed by atoms with E-state index in [1.54, 1.807) is 0 Å². The van der Waals surface area contributed by atoms with E-state index in [2.05, 4.69) is 53.4 Å². The number of nitrogens with zero attached hydrogens (tertiary/aromatic N) is 1. The Hall–Kier alpha value is -0.0400. The van der Waals surface area contributed by atoms with Crippen molar-refractivity contribution in [3.8, 4) is 0 Å². The van der Waals surface area contributed by atoms with Gasteiger partial charge in [0.2, 0.25) is 0 Å². The summed E-state index contributed by atoms with van der Waals surface area (Å²) < 4.78 is 0. The van der Waals surface area contributed by atoms with Gasteiger partial charge in [0, 0.05) is 17.6 Å². The quantitative estimate of drug-likeness (QED) is 0.307. The Bertz CT molecular complexity index is 238. The van der Waals surface area contributed by atoms with E-state index in [9.17, 15) is 0 Å². The van der Waals surface area contributed by atoms with Crippen LogP contribution in [0, 0.1) is 0 Å². The van der Waals surface area contributed by atoms with Crippen molar-refractivity contribution >= 4 is 0 Å². The number of hydrogen-bond acceptors (Lipinski definition) is 1. The molecule has 1 nitrogen and oxygen atoms in total. The number of hydrogen-bond donors (Lipinski definition) is 0. The SMILES string of the molecule is CCCCCCCC(C)(CCCCCC)N(C(C)C)C(C)C. The lowest BCUT2D eigenvalue weighted by atomic mass is 9.84. The first-order valence-electron chi connectivity index (χ1n) is 10.2. The van der Waals surface area contributed by atoms with Crippen molar-refractivity contribution in [2.75, 3.05) is 0 Å². The predicted molar refractivity (Wildman–Crippen MR) is 103 cm³/mol. The van der Waals surface area contributed by atoms with Gasteiger partial charge in [0.15, 0.2) is 0 Å². The molecule has 0 aliphatic carbocycles. The highest BCUT2D eigenvalue weighted by molar-refractivity contribution is 4.90. The highest BCUT2D eigenvalue weighted by Gasteiger charge is 2.34. The number of unbranched alkanes of at least 4 members (excludes halogenated alkanes) is 7. The van der Waals surface area contributed by atoms with Crippen molar-refractivity contribution in [2.45, 2.75) is 137 Å². The van der Waals surface area contributed by atoms with Crippen LogP contribution in [0.3, 0.4) is 0 Å². The predicted octanol–water partition coefficient (Wildman–Crippen LogP) is 7.19. The maximum absolute atomic E-state index is 2.79. The molecule has 134 valence electrons. The number of rotatable bonds is 14. The van der Waals surface area contributed by atoms with Gasteiger partial charge >= 0.3 is 0 Å². The third-order valence-electron chi connectivity index (χ3n) is 5.12. The van der Waals surface area contributed by atoms with E-state index in [-0.39, 0.29) is 0 Å².